The highest BCUT2D eigenvalue weighted by Crippen LogP contribution is 2.35. The molecule has 2 fully saturated rings. The molecule has 1 N–H and O–H groups in total. The lowest BCUT2D eigenvalue weighted by molar-refractivity contribution is -0.130. The molecule has 18 heavy (non-hydrogen) atoms. The molecule has 0 bridgehead atoms. The molecule has 5 heteroatoms. The Morgan fingerprint density at radius 3 is 2.83 bits per heavy atom. The zero-order valence-electron chi connectivity index (χ0n) is 11.4. The number of hydrogen-bond donors (Lipinski definition) is 1. The Labute approximate surface area is 109 Å². The van der Waals surface area contributed by atoms with Gasteiger partial charge in [0.25, 0.3) is 0 Å². The third-order valence-corrected chi connectivity index (χ3v) is 3.86. The van der Waals surface area contributed by atoms with E-state index < -0.39 is 0 Å². The zero-order chi connectivity index (χ0) is 13.0. The fourth-order valence-corrected chi connectivity index (χ4v) is 2.68. The second-order valence-electron chi connectivity index (χ2n) is 5.48. The van der Waals surface area contributed by atoms with Crippen molar-refractivity contribution in [2.75, 3.05) is 40.4 Å². The molecule has 0 aromatic rings. The number of rotatable bonds is 4. The van der Waals surface area contributed by atoms with Crippen molar-refractivity contribution in [3.8, 4) is 0 Å². The van der Waals surface area contributed by atoms with Crippen LogP contribution in [-0.2, 0) is 14.3 Å². The van der Waals surface area contributed by atoms with E-state index in [0.717, 1.165) is 32.4 Å². The summed E-state index contributed by atoms with van der Waals surface area (Å²) in [5.41, 5.74) is 0.0431. The first-order valence-corrected chi connectivity index (χ1v) is 6.78. The third-order valence-electron chi connectivity index (χ3n) is 3.86. The number of nitrogens with one attached hydrogen (secondary N) is 1. The SMILES string of the molecule is CN(C)C(=O)CCOC1COC2(CCNCC2)C1. The van der Waals surface area contributed by atoms with E-state index >= 15 is 0 Å². The van der Waals surface area contributed by atoms with Crippen molar-refractivity contribution in [1.82, 2.24) is 10.2 Å². The van der Waals surface area contributed by atoms with Crippen LogP contribution in [0.4, 0.5) is 0 Å². The fourth-order valence-electron chi connectivity index (χ4n) is 2.68. The first-order valence-electron chi connectivity index (χ1n) is 6.78. The Kier molecular flexibility index (Phi) is 4.59. The van der Waals surface area contributed by atoms with Crippen LogP contribution in [-0.4, -0.2) is 62.9 Å². The zero-order valence-corrected chi connectivity index (χ0v) is 11.4. The van der Waals surface area contributed by atoms with Crippen LogP contribution in [0.2, 0.25) is 0 Å². The van der Waals surface area contributed by atoms with Crippen LogP contribution >= 0.6 is 0 Å². The Balaban J connectivity index is 1.68. The highest BCUT2D eigenvalue weighted by atomic mass is 16.6. The predicted octanol–water partition coefficient (Wildman–Crippen LogP) is 0.392. The summed E-state index contributed by atoms with van der Waals surface area (Å²) < 4.78 is 11.7. The molecule has 1 spiro atoms. The van der Waals surface area contributed by atoms with E-state index in [4.69, 9.17) is 9.47 Å². The molecule has 0 saturated carbocycles. The maximum atomic E-state index is 11.4. The lowest BCUT2D eigenvalue weighted by Gasteiger charge is -2.32. The van der Waals surface area contributed by atoms with Gasteiger partial charge < -0.3 is 19.7 Å². The molecule has 2 aliphatic rings. The van der Waals surface area contributed by atoms with Gasteiger partial charge in [0, 0.05) is 20.5 Å². The van der Waals surface area contributed by atoms with E-state index in [2.05, 4.69) is 5.32 Å². The summed E-state index contributed by atoms with van der Waals surface area (Å²) in [6, 6.07) is 0. The van der Waals surface area contributed by atoms with E-state index in [1.165, 1.54) is 0 Å². The molecule has 0 radical (unpaired) electrons. The Bertz CT molecular complexity index is 288. The van der Waals surface area contributed by atoms with Crippen molar-refractivity contribution in [3.05, 3.63) is 0 Å². The van der Waals surface area contributed by atoms with Crippen molar-refractivity contribution in [2.24, 2.45) is 0 Å². The van der Waals surface area contributed by atoms with Crippen LogP contribution in [0.3, 0.4) is 0 Å². The molecule has 0 aromatic heterocycles. The number of piperidine rings is 1. The molecule has 5 nitrogen and oxygen atoms in total. The second kappa shape index (κ2) is 5.99. The topological polar surface area (TPSA) is 50.8 Å². The number of hydrogen-bond acceptors (Lipinski definition) is 4. The quantitative estimate of drug-likeness (QED) is 0.790. The molecular weight excluding hydrogens is 232 g/mol. The molecule has 2 aliphatic heterocycles. The molecule has 104 valence electrons. The van der Waals surface area contributed by atoms with Crippen molar-refractivity contribution < 1.29 is 14.3 Å². The van der Waals surface area contributed by atoms with Gasteiger partial charge >= 0.3 is 0 Å². The standard InChI is InChI=1S/C13H24N2O3/c1-15(2)12(16)3-8-17-11-9-13(18-10-11)4-6-14-7-5-13/h11,14H,3-10H2,1-2H3. The predicted molar refractivity (Wildman–Crippen MR) is 68.5 cm³/mol. The Morgan fingerprint density at radius 2 is 2.17 bits per heavy atom. The number of ether oxygens (including phenoxy) is 2. The van der Waals surface area contributed by atoms with Crippen LogP contribution in [0.15, 0.2) is 0 Å². The van der Waals surface area contributed by atoms with E-state index in [9.17, 15) is 4.79 Å². The molecule has 1 unspecified atom stereocenters. The minimum atomic E-state index is 0.0431. The highest BCUT2D eigenvalue weighted by molar-refractivity contribution is 5.75. The van der Waals surface area contributed by atoms with E-state index in [1.807, 2.05) is 0 Å². The second-order valence-corrected chi connectivity index (χ2v) is 5.48. The summed E-state index contributed by atoms with van der Waals surface area (Å²) in [6.07, 6.45) is 3.74. The van der Waals surface area contributed by atoms with Crippen molar-refractivity contribution >= 4 is 5.91 Å². The van der Waals surface area contributed by atoms with Crippen molar-refractivity contribution in [2.45, 2.75) is 37.4 Å². The minimum Gasteiger partial charge on any atom is -0.375 e. The van der Waals surface area contributed by atoms with Gasteiger partial charge in [0.2, 0.25) is 5.91 Å². The van der Waals surface area contributed by atoms with E-state index in [-0.39, 0.29) is 17.6 Å². The first-order chi connectivity index (χ1) is 8.61. The molecular formula is C13H24N2O3. The van der Waals surface area contributed by atoms with Crippen LogP contribution < -0.4 is 5.32 Å². The molecule has 1 amide bonds. The smallest absolute Gasteiger partial charge is 0.224 e. The minimum absolute atomic E-state index is 0.0431. The highest BCUT2D eigenvalue weighted by Gasteiger charge is 2.41. The lowest BCUT2D eigenvalue weighted by atomic mass is 9.89. The Morgan fingerprint density at radius 1 is 1.44 bits per heavy atom. The van der Waals surface area contributed by atoms with Gasteiger partial charge in [-0.3, -0.25) is 4.79 Å². The molecule has 2 heterocycles. The van der Waals surface area contributed by atoms with Crippen LogP contribution in [0, 0.1) is 0 Å². The average molecular weight is 256 g/mol. The maximum Gasteiger partial charge on any atom is 0.224 e. The van der Waals surface area contributed by atoms with Gasteiger partial charge in [-0.2, -0.15) is 0 Å². The van der Waals surface area contributed by atoms with Gasteiger partial charge in [-0.05, 0) is 25.9 Å². The molecule has 0 aliphatic carbocycles. The maximum absolute atomic E-state index is 11.4. The van der Waals surface area contributed by atoms with Gasteiger partial charge in [0.05, 0.1) is 31.3 Å². The van der Waals surface area contributed by atoms with Crippen LogP contribution in [0.25, 0.3) is 0 Å². The Hall–Kier alpha value is -0.650. The van der Waals surface area contributed by atoms with Gasteiger partial charge in [0.15, 0.2) is 0 Å². The fraction of sp³-hybridized carbons (Fsp3) is 0.923. The first kappa shape index (κ1) is 13.8. The molecule has 2 saturated heterocycles. The van der Waals surface area contributed by atoms with Crippen LogP contribution in [0.1, 0.15) is 25.7 Å². The van der Waals surface area contributed by atoms with Crippen LogP contribution in [0.5, 0.6) is 0 Å². The number of nitrogens with zero attached hydrogens (tertiary/aromatic N) is 1. The van der Waals surface area contributed by atoms with Crippen molar-refractivity contribution in [3.63, 3.8) is 0 Å². The summed E-state index contributed by atoms with van der Waals surface area (Å²) in [7, 11) is 3.54. The van der Waals surface area contributed by atoms with Gasteiger partial charge in [-0.15, -0.1) is 0 Å². The summed E-state index contributed by atoms with van der Waals surface area (Å²) in [4.78, 5) is 13.0. The largest absolute Gasteiger partial charge is 0.375 e. The number of amides is 1. The normalized spacial score (nSPS) is 26.4. The monoisotopic (exact) mass is 256 g/mol. The molecule has 1 atom stereocenters. The lowest BCUT2D eigenvalue weighted by Crippen LogP contribution is -2.41. The van der Waals surface area contributed by atoms with Gasteiger partial charge in [-0.25, -0.2) is 0 Å². The summed E-state index contributed by atoms with van der Waals surface area (Å²) in [6.45, 7) is 3.24. The summed E-state index contributed by atoms with van der Waals surface area (Å²) >= 11 is 0. The third kappa shape index (κ3) is 3.43. The van der Waals surface area contributed by atoms with Crippen molar-refractivity contribution in [1.29, 1.82) is 0 Å². The number of carbonyl (C=O) groups excluding carboxylic acids is 1. The van der Waals surface area contributed by atoms with Gasteiger partial charge in [-0.1, -0.05) is 0 Å². The summed E-state index contributed by atoms with van der Waals surface area (Å²) in [5.74, 6) is 0.116. The number of carbonyl (C=O) groups is 1. The average Bonchev–Trinajstić information content (AvgIpc) is 2.73. The summed E-state index contributed by atoms with van der Waals surface area (Å²) in [5, 5.41) is 3.35. The van der Waals surface area contributed by atoms with E-state index in [1.54, 1.807) is 19.0 Å². The molecule has 2 rings (SSSR count). The van der Waals surface area contributed by atoms with Gasteiger partial charge in [0.1, 0.15) is 0 Å². The van der Waals surface area contributed by atoms with E-state index in [0.29, 0.717) is 19.6 Å². The molecule has 0 aromatic carbocycles.